The highest BCUT2D eigenvalue weighted by Gasteiger charge is 2.34. The van der Waals surface area contributed by atoms with E-state index in [0.29, 0.717) is 22.6 Å². The van der Waals surface area contributed by atoms with E-state index >= 15 is 0 Å². The number of carbonyl (C=O) groups excluding carboxylic acids is 3. The summed E-state index contributed by atoms with van der Waals surface area (Å²) in [5.74, 6) is -1.20. The number of carbonyl (C=O) groups is 3. The molecule has 29 heavy (non-hydrogen) atoms. The number of halogens is 1. The van der Waals surface area contributed by atoms with Crippen LogP contribution in [0, 0.1) is 5.82 Å². The van der Waals surface area contributed by atoms with E-state index in [1.54, 1.807) is 24.3 Å². The Bertz CT molecular complexity index is 1060. The van der Waals surface area contributed by atoms with Crippen LogP contribution in [0.25, 0.3) is 0 Å². The number of hydrogen-bond acceptors (Lipinski definition) is 6. The number of rotatable bonds is 6. The van der Waals surface area contributed by atoms with Crippen LogP contribution in [0.5, 0.6) is 0 Å². The molecule has 146 valence electrons. The van der Waals surface area contributed by atoms with Crippen LogP contribution >= 0.6 is 0 Å². The molecular formula is C19H15FN6O3. The van der Waals surface area contributed by atoms with Crippen molar-refractivity contribution in [2.45, 2.75) is 13.0 Å². The molecule has 3 amide bonds. The minimum absolute atomic E-state index is 0.111. The third-order valence-corrected chi connectivity index (χ3v) is 4.34. The van der Waals surface area contributed by atoms with Crippen LogP contribution < -0.4 is 5.32 Å². The maximum absolute atomic E-state index is 12.9. The molecule has 0 spiro atoms. The summed E-state index contributed by atoms with van der Waals surface area (Å²) in [6.45, 7) is -0.0722. The Balaban J connectivity index is 1.33. The summed E-state index contributed by atoms with van der Waals surface area (Å²) in [6, 6.07) is 12.0. The third kappa shape index (κ3) is 3.86. The number of amides is 3. The van der Waals surface area contributed by atoms with Gasteiger partial charge in [-0.3, -0.25) is 19.3 Å². The molecule has 9 nitrogen and oxygen atoms in total. The second kappa shape index (κ2) is 7.58. The molecule has 0 saturated carbocycles. The zero-order valence-electron chi connectivity index (χ0n) is 15.1. The molecular weight excluding hydrogens is 379 g/mol. The van der Waals surface area contributed by atoms with Gasteiger partial charge in [0.2, 0.25) is 5.91 Å². The molecule has 2 heterocycles. The van der Waals surface area contributed by atoms with Gasteiger partial charge in [0.05, 0.1) is 11.1 Å². The molecule has 1 aromatic heterocycles. The number of nitrogens with one attached hydrogen (secondary N) is 1. The molecule has 3 aromatic rings. The summed E-state index contributed by atoms with van der Waals surface area (Å²) < 4.78 is 12.9. The van der Waals surface area contributed by atoms with Crippen molar-refractivity contribution in [3.63, 3.8) is 0 Å². The van der Waals surface area contributed by atoms with Crippen molar-refractivity contribution in [3.05, 3.63) is 71.3 Å². The van der Waals surface area contributed by atoms with Crippen molar-refractivity contribution >= 4 is 23.4 Å². The summed E-state index contributed by atoms with van der Waals surface area (Å²) in [7, 11) is 0. The Morgan fingerprint density at radius 2 is 1.66 bits per heavy atom. The minimum Gasteiger partial charge on any atom is -0.324 e. The maximum atomic E-state index is 12.9. The lowest BCUT2D eigenvalue weighted by Crippen LogP contribution is -2.32. The lowest BCUT2D eigenvalue weighted by molar-refractivity contribution is -0.117. The van der Waals surface area contributed by atoms with Gasteiger partial charge < -0.3 is 5.32 Å². The highest BCUT2D eigenvalue weighted by atomic mass is 19.1. The Labute approximate surface area is 164 Å². The summed E-state index contributed by atoms with van der Waals surface area (Å²) >= 11 is 0. The van der Waals surface area contributed by atoms with E-state index in [1.165, 1.54) is 24.3 Å². The van der Waals surface area contributed by atoms with Gasteiger partial charge in [0.25, 0.3) is 11.8 Å². The summed E-state index contributed by atoms with van der Waals surface area (Å²) in [4.78, 5) is 39.0. The topological polar surface area (TPSA) is 110 Å². The Morgan fingerprint density at radius 3 is 2.31 bits per heavy atom. The molecule has 4 rings (SSSR count). The van der Waals surface area contributed by atoms with Gasteiger partial charge in [-0.15, -0.1) is 10.2 Å². The summed E-state index contributed by atoms with van der Waals surface area (Å²) in [5.41, 5.74) is 1.21. The zero-order valence-corrected chi connectivity index (χ0v) is 15.1. The van der Waals surface area contributed by atoms with Gasteiger partial charge in [-0.2, -0.15) is 4.80 Å². The van der Waals surface area contributed by atoms with E-state index in [0.717, 1.165) is 9.70 Å². The standard InChI is InChI=1S/C19H15FN6O3/c20-12-5-7-13(8-6-12)21-17(27)11-26-23-16(22-24-26)9-10-25-18(28)14-3-1-2-4-15(14)19(25)29/h1-8H,9-11H2,(H,21,27). The van der Waals surface area contributed by atoms with Gasteiger partial charge in [0.1, 0.15) is 12.4 Å². The van der Waals surface area contributed by atoms with Crippen LogP contribution in [0.1, 0.15) is 26.5 Å². The van der Waals surface area contributed by atoms with Crippen molar-refractivity contribution in [1.82, 2.24) is 25.1 Å². The number of tetrazole rings is 1. The van der Waals surface area contributed by atoms with Crippen LogP contribution in [0.3, 0.4) is 0 Å². The molecule has 1 N–H and O–H groups in total. The molecule has 1 aliphatic rings. The predicted molar refractivity (Wildman–Crippen MR) is 98.4 cm³/mol. The molecule has 0 radical (unpaired) electrons. The molecule has 1 aliphatic heterocycles. The van der Waals surface area contributed by atoms with Crippen LogP contribution in [0.15, 0.2) is 48.5 Å². The Hall–Kier alpha value is -3.95. The number of anilines is 1. The fraction of sp³-hybridized carbons (Fsp3) is 0.158. The first kappa shape index (κ1) is 18.4. The smallest absolute Gasteiger partial charge is 0.261 e. The molecule has 10 heteroatoms. The summed E-state index contributed by atoms with van der Waals surface area (Å²) in [6.07, 6.45) is 0.213. The fourth-order valence-electron chi connectivity index (χ4n) is 2.96. The number of hydrogen-bond donors (Lipinski definition) is 1. The van der Waals surface area contributed by atoms with Crippen LogP contribution in [-0.4, -0.2) is 49.4 Å². The predicted octanol–water partition coefficient (Wildman–Crippen LogP) is 1.29. The second-order valence-corrected chi connectivity index (χ2v) is 6.35. The molecule has 0 bridgehead atoms. The Kier molecular flexibility index (Phi) is 4.82. The number of imide groups is 1. The van der Waals surface area contributed by atoms with Crippen LogP contribution in [0.4, 0.5) is 10.1 Å². The van der Waals surface area contributed by atoms with E-state index < -0.39 is 11.7 Å². The van der Waals surface area contributed by atoms with E-state index in [9.17, 15) is 18.8 Å². The summed E-state index contributed by atoms with van der Waals surface area (Å²) in [5, 5.41) is 14.3. The highest BCUT2D eigenvalue weighted by molar-refractivity contribution is 6.21. The zero-order chi connectivity index (χ0) is 20.4. The highest BCUT2D eigenvalue weighted by Crippen LogP contribution is 2.22. The largest absolute Gasteiger partial charge is 0.324 e. The van der Waals surface area contributed by atoms with Gasteiger partial charge in [-0.05, 0) is 41.6 Å². The van der Waals surface area contributed by atoms with E-state index in [2.05, 4.69) is 20.7 Å². The molecule has 0 aliphatic carbocycles. The number of aromatic nitrogens is 4. The fourth-order valence-corrected chi connectivity index (χ4v) is 2.96. The first-order valence-corrected chi connectivity index (χ1v) is 8.78. The van der Waals surface area contributed by atoms with Crippen molar-refractivity contribution < 1.29 is 18.8 Å². The third-order valence-electron chi connectivity index (χ3n) is 4.34. The first-order valence-electron chi connectivity index (χ1n) is 8.78. The van der Waals surface area contributed by atoms with E-state index in [-0.39, 0.29) is 31.3 Å². The normalized spacial score (nSPS) is 12.9. The molecule has 2 aromatic carbocycles. The second-order valence-electron chi connectivity index (χ2n) is 6.35. The molecule has 0 atom stereocenters. The molecule has 0 unspecified atom stereocenters. The van der Waals surface area contributed by atoms with Gasteiger partial charge in [0.15, 0.2) is 5.82 Å². The van der Waals surface area contributed by atoms with Crippen molar-refractivity contribution in [2.24, 2.45) is 0 Å². The van der Waals surface area contributed by atoms with Crippen molar-refractivity contribution in [3.8, 4) is 0 Å². The lowest BCUT2D eigenvalue weighted by atomic mass is 10.1. The average Bonchev–Trinajstić information content (AvgIpc) is 3.25. The SMILES string of the molecule is O=C(Cn1nnc(CCN2C(=O)c3ccccc3C2=O)n1)Nc1ccc(F)cc1. The van der Waals surface area contributed by atoms with Gasteiger partial charge in [0, 0.05) is 18.7 Å². The minimum atomic E-state index is -0.402. The molecule has 0 saturated heterocycles. The van der Waals surface area contributed by atoms with Gasteiger partial charge in [-0.1, -0.05) is 12.1 Å². The van der Waals surface area contributed by atoms with Crippen molar-refractivity contribution in [2.75, 3.05) is 11.9 Å². The molecule has 0 fully saturated rings. The van der Waals surface area contributed by atoms with Gasteiger partial charge >= 0.3 is 0 Å². The van der Waals surface area contributed by atoms with E-state index in [1.807, 2.05) is 0 Å². The maximum Gasteiger partial charge on any atom is 0.261 e. The average molecular weight is 394 g/mol. The monoisotopic (exact) mass is 394 g/mol. The van der Waals surface area contributed by atoms with Gasteiger partial charge in [-0.25, -0.2) is 4.39 Å². The number of benzene rings is 2. The number of nitrogens with zero attached hydrogens (tertiary/aromatic N) is 5. The van der Waals surface area contributed by atoms with Crippen LogP contribution in [0.2, 0.25) is 0 Å². The Morgan fingerprint density at radius 1 is 1.00 bits per heavy atom. The first-order chi connectivity index (χ1) is 14.0. The lowest BCUT2D eigenvalue weighted by Gasteiger charge is -2.11. The van der Waals surface area contributed by atoms with Crippen molar-refractivity contribution in [1.29, 1.82) is 0 Å². The quantitative estimate of drug-likeness (QED) is 0.631. The number of fused-ring (bicyclic) bond motifs is 1. The van der Waals surface area contributed by atoms with E-state index in [4.69, 9.17) is 0 Å². The van der Waals surface area contributed by atoms with Crippen LogP contribution in [-0.2, 0) is 17.8 Å².